The first-order valence-corrected chi connectivity index (χ1v) is 12.6. The quantitative estimate of drug-likeness (QED) is 0.480. The average molecular weight is 447 g/mol. The topological polar surface area (TPSA) is 65.2 Å². The van der Waals surface area contributed by atoms with E-state index in [9.17, 15) is 10.2 Å². The molecule has 0 spiro atoms. The average Bonchev–Trinajstić information content (AvgIpc) is 2.83. The first kappa shape index (κ1) is 23.5. The highest BCUT2D eigenvalue weighted by Gasteiger charge is 2.40. The molecule has 0 bridgehead atoms. The lowest BCUT2D eigenvalue weighted by Gasteiger charge is -2.46. The van der Waals surface area contributed by atoms with Gasteiger partial charge < -0.3 is 10.2 Å². The predicted octanol–water partition coefficient (Wildman–Crippen LogP) is 6.78. The van der Waals surface area contributed by atoms with E-state index in [-0.39, 0.29) is 0 Å². The third kappa shape index (κ3) is 5.85. The number of aliphatic imine (C=N–C) groups is 2. The summed E-state index contributed by atoms with van der Waals surface area (Å²) in [4.78, 5) is 9.57. The van der Waals surface area contributed by atoms with Gasteiger partial charge in [0.05, 0.1) is 0 Å². The van der Waals surface area contributed by atoms with E-state index in [1.165, 1.54) is 25.7 Å². The van der Waals surface area contributed by atoms with E-state index in [4.69, 9.17) is 9.98 Å². The van der Waals surface area contributed by atoms with Gasteiger partial charge in [0.2, 0.25) is 0 Å². The summed E-state index contributed by atoms with van der Waals surface area (Å²) in [6, 6.07) is 15.6. The molecule has 0 atom stereocenters. The van der Waals surface area contributed by atoms with Crippen molar-refractivity contribution >= 4 is 12.4 Å². The van der Waals surface area contributed by atoms with Crippen LogP contribution in [0.5, 0.6) is 11.5 Å². The van der Waals surface area contributed by atoms with Crippen molar-refractivity contribution in [3.05, 3.63) is 59.7 Å². The molecule has 0 amide bonds. The number of rotatable bonds is 6. The molecule has 0 heterocycles. The number of benzene rings is 2. The highest BCUT2D eigenvalue weighted by atomic mass is 16.3. The highest BCUT2D eigenvalue weighted by molar-refractivity contribution is 5.83. The summed E-state index contributed by atoms with van der Waals surface area (Å²) >= 11 is 0. The van der Waals surface area contributed by atoms with Gasteiger partial charge in [-0.25, -0.2) is 0 Å². The number of hydrogen-bond donors (Lipinski definition) is 2. The summed E-state index contributed by atoms with van der Waals surface area (Å²) in [6.45, 7) is 4.97. The number of hydrogen-bond acceptors (Lipinski definition) is 4. The van der Waals surface area contributed by atoms with Crippen molar-refractivity contribution in [2.24, 2.45) is 27.2 Å². The molecule has 0 radical (unpaired) electrons. The number of para-hydroxylation sites is 2. The fourth-order valence-corrected chi connectivity index (χ4v) is 5.84. The molecule has 4 heteroatoms. The van der Waals surface area contributed by atoms with E-state index in [1.54, 1.807) is 12.1 Å². The van der Waals surface area contributed by atoms with E-state index >= 15 is 0 Å². The molecule has 2 aliphatic rings. The number of phenols is 2. The summed E-state index contributed by atoms with van der Waals surface area (Å²) < 4.78 is 0. The van der Waals surface area contributed by atoms with Crippen LogP contribution < -0.4 is 0 Å². The van der Waals surface area contributed by atoms with E-state index in [2.05, 4.69) is 13.8 Å². The van der Waals surface area contributed by atoms with Crippen LogP contribution in [-0.4, -0.2) is 34.7 Å². The maximum atomic E-state index is 9.94. The second-order valence-corrected chi connectivity index (χ2v) is 10.5. The van der Waals surface area contributed by atoms with Gasteiger partial charge in [-0.3, -0.25) is 9.98 Å². The van der Waals surface area contributed by atoms with Crippen LogP contribution in [0, 0.1) is 17.3 Å². The van der Waals surface area contributed by atoms with Gasteiger partial charge in [0.15, 0.2) is 0 Å². The zero-order valence-electron chi connectivity index (χ0n) is 20.0. The number of nitrogens with zero attached hydrogens (tertiary/aromatic N) is 2. The summed E-state index contributed by atoms with van der Waals surface area (Å²) in [5.41, 5.74) is 1.96. The molecule has 2 aliphatic carbocycles. The Kier molecular flexibility index (Phi) is 7.52. The van der Waals surface area contributed by atoms with Crippen molar-refractivity contribution < 1.29 is 10.2 Å². The molecule has 0 unspecified atom stereocenters. The molecule has 4 nitrogen and oxygen atoms in total. The van der Waals surface area contributed by atoms with Crippen LogP contribution in [0.4, 0.5) is 0 Å². The Morgan fingerprint density at radius 2 is 1.00 bits per heavy atom. The molecule has 4 rings (SSSR count). The second kappa shape index (κ2) is 10.5. The lowest BCUT2D eigenvalue weighted by Crippen LogP contribution is -2.38. The van der Waals surface area contributed by atoms with Gasteiger partial charge in [-0.2, -0.15) is 0 Å². The van der Waals surface area contributed by atoms with Gasteiger partial charge in [-0.1, -0.05) is 38.1 Å². The zero-order chi connectivity index (χ0) is 23.3. The highest BCUT2D eigenvalue weighted by Crippen LogP contribution is 2.48. The SMILES string of the molecule is CC(C)(C1CCC(N=Cc2ccccc2O)CC1)C1CCC(N=Cc2ccccc2O)CC1. The predicted molar refractivity (Wildman–Crippen MR) is 137 cm³/mol. The molecule has 0 aliphatic heterocycles. The van der Waals surface area contributed by atoms with Crippen LogP contribution in [0.15, 0.2) is 58.5 Å². The zero-order valence-corrected chi connectivity index (χ0v) is 20.0. The fourth-order valence-electron chi connectivity index (χ4n) is 5.84. The Morgan fingerprint density at radius 1 is 0.636 bits per heavy atom. The second-order valence-electron chi connectivity index (χ2n) is 10.5. The van der Waals surface area contributed by atoms with Crippen LogP contribution in [0.25, 0.3) is 0 Å². The molecule has 2 N–H and O–H groups in total. The standard InChI is InChI=1S/C29H38N2O2/c1-29(2,23-11-15-25(16-12-23)30-19-21-7-3-5-9-27(21)32)24-13-17-26(18-14-24)31-20-22-8-4-6-10-28(22)33/h3-10,19-20,23-26,32-33H,11-18H2,1-2H3. The monoisotopic (exact) mass is 446 g/mol. The Hall–Kier alpha value is -2.62. The van der Waals surface area contributed by atoms with E-state index in [0.29, 0.717) is 29.0 Å². The summed E-state index contributed by atoms with van der Waals surface area (Å²) in [6.07, 6.45) is 13.2. The van der Waals surface area contributed by atoms with Crippen LogP contribution in [-0.2, 0) is 0 Å². The van der Waals surface area contributed by atoms with Crippen molar-refractivity contribution in [2.45, 2.75) is 77.3 Å². The van der Waals surface area contributed by atoms with Crippen molar-refractivity contribution in [2.75, 3.05) is 0 Å². The molecule has 2 saturated carbocycles. The molecule has 0 aromatic heterocycles. The molecule has 2 aromatic carbocycles. The van der Waals surface area contributed by atoms with Gasteiger partial charge in [0, 0.05) is 35.6 Å². The van der Waals surface area contributed by atoms with Crippen LogP contribution >= 0.6 is 0 Å². The molecule has 0 saturated heterocycles. The molecular formula is C29H38N2O2. The lowest BCUT2D eigenvalue weighted by atomic mass is 9.60. The van der Waals surface area contributed by atoms with Gasteiger partial charge >= 0.3 is 0 Å². The van der Waals surface area contributed by atoms with Gasteiger partial charge in [-0.05, 0) is 92.9 Å². The van der Waals surface area contributed by atoms with Crippen molar-refractivity contribution in [3.63, 3.8) is 0 Å². The van der Waals surface area contributed by atoms with Gasteiger partial charge in [0.25, 0.3) is 0 Å². The van der Waals surface area contributed by atoms with Gasteiger partial charge in [-0.15, -0.1) is 0 Å². The minimum absolute atomic E-state index is 0.302. The van der Waals surface area contributed by atoms with Crippen molar-refractivity contribution in [3.8, 4) is 11.5 Å². The van der Waals surface area contributed by atoms with Crippen molar-refractivity contribution in [1.29, 1.82) is 0 Å². The first-order chi connectivity index (χ1) is 15.9. The van der Waals surface area contributed by atoms with E-state index in [1.807, 2.05) is 48.8 Å². The number of phenolic OH excluding ortho intramolecular Hbond substituents is 2. The maximum absolute atomic E-state index is 9.94. The summed E-state index contributed by atoms with van der Waals surface area (Å²) in [5.74, 6) is 2.11. The molecule has 33 heavy (non-hydrogen) atoms. The van der Waals surface area contributed by atoms with Crippen LogP contribution in [0.2, 0.25) is 0 Å². The van der Waals surface area contributed by atoms with Gasteiger partial charge in [0.1, 0.15) is 11.5 Å². The maximum Gasteiger partial charge on any atom is 0.124 e. The molecule has 2 aromatic rings. The van der Waals surface area contributed by atoms with E-state index < -0.39 is 0 Å². The minimum atomic E-state index is 0.302. The summed E-state index contributed by atoms with van der Waals surface area (Å²) in [5, 5.41) is 19.9. The third-order valence-electron chi connectivity index (χ3n) is 8.22. The number of aromatic hydroxyl groups is 2. The fraction of sp³-hybridized carbons (Fsp3) is 0.517. The largest absolute Gasteiger partial charge is 0.507 e. The smallest absolute Gasteiger partial charge is 0.124 e. The Bertz CT molecular complexity index is 888. The first-order valence-electron chi connectivity index (χ1n) is 12.6. The third-order valence-corrected chi connectivity index (χ3v) is 8.22. The normalized spacial score (nSPS) is 26.7. The van der Waals surface area contributed by atoms with Crippen LogP contribution in [0.1, 0.15) is 76.3 Å². The Balaban J connectivity index is 1.26. The Labute approximate surface area is 198 Å². The molecular weight excluding hydrogens is 408 g/mol. The van der Waals surface area contributed by atoms with E-state index in [0.717, 1.165) is 48.6 Å². The van der Waals surface area contributed by atoms with Crippen molar-refractivity contribution in [1.82, 2.24) is 0 Å². The molecule has 176 valence electrons. The summed E-state index contributed by atoms with van der Waals surface area (Å²) in [7, 11) is 0. The Morgan fingerprint density at radius 3 is 1.36 bits per heavy atom. The minimum Gasteiger partial charge on any atom is -0.507 e. The lowest BCUT2D eigenvalue weighted by molar-refractivity contribution is 0.0526. The van der Waals surface area contributed by atoms with Crippen LogP contribution in [0.3, 0.4) is 0 Å². The molecule has 2 fully saturated rings.